The van der Waals surface area contributed by atoms with E-state index in [0.717, 1.165) is 44.2 Å². The molecule has 0 aliphatic carbocycles. The van der Waals surface area contributed by atoms with Gasteiger partial charge in [-0.1, -0.05) is 26.0 Å². The Hall–Kier alpha value is -1.51. The topological polar surface area (TPSA) is 63.2 Å². The molecule has 7 heteroatoms. The number of hydrogen-bond donors (Lipinski definition) is 1. The van der Waals surface area contributed by atoms with E-state index in [1.54, 1.807) is 14.2 Å². The van der Waals surface area contributed by atoms with Crippen molar-refractivity contribution in [3.63, 3.8) is 0 Å². The predicted octanol–water partition coefficient (Wildman–Crippen LogP) is 3.05. The second-order valence-corrected chi connectivity index (χ2v) is 7.30. The number of ether oxygens (including phenoxy) is 2. The Balaban J connectivity index is 0.00000364. The van der Waals surface area contributed by atoms with Crippen LogP contribution in [-0.4, -0.2) is 57.7 Å². The van der Waals surface area contributed by atoms with Gasteiger partial charge in [-0.3, -0.25) is 9.79 Å². The number of piperidine rings is 1. The minimum atomic E-state index is -0.103. The van der Waals surface area contributed by atoms with Gasteiger partial charge < -0.3 is 19.7 Å². The molecule has 27 heavy (non-hydrogen) atoms. The predicted molar refractivity (Wildman–Crippen MR) is 119 cm³/mol. The van der Waals surface area contributed by atoms with Crippen LogP contribution in [0.25, 0.3) is 0 Å². The van der Waals surface area contributed by atoms with Gasteiger partial charge in [0.05, 0.1) is 20.1 Å². The Kier molecular flexibility index (Phi) is 9.35. The van der Waals surface area contributed by atoms with Crippen molar-refractivity contribution < 1.29 is 14.3 Å². The molecule has 1 aliphatic heterocycles. The second-order valence-electron chi connectivity index (χ2n) is 7.30. The van der Waals surface area contributed by atoms with Crippen LogP contribution in [0.5, 0.6) is 5.75 Å². The lowest BCUT2D eigenvalue weighted by Gasteiger charge is -2.35. The zero-order chi connectivity index (χ0) is 19.2. The van der Waals surface area contributed by atoms with Gasteiger partial charge in [0.15, 0.2) is 5.96 Å². The average molecular weight is 489 g/mol. The summed E-state index contributed by atoms with van der Waals surface area (Å²) in [5.74, 6) is 1.65. The molecule has 1 aromatic rings. The summed E-state index contributed by atoms with van der Waals surface area (Å²) >= 11 is 0. The molecule has 0 spiro atoms. The van der Waals surface area contributed by atoms with Gasteiger partial charge in [-0.25, -0.2) is 0 Å². The standard InChI is InChI=1S/C20H31N3O3.HI/c1-20(2,16-6-8-17(25-4)9-7-16)14-22-19(21-3)23-12-10-15(11-13-23)18(24)26-5;/h6-9,15H,10-14H2,1-5H3,(H,21,22);1H. The molecule has 152 valence electrons. The number of carbonyl (C=O) groups excluding carboxylic acids is 1. The van der Waals surface area contributed by atoms with Crippen molar-refractivity contribution in [1.82, 2.24) is 10.2 Å². The van der Waals surface area contributed by atoms with E-state index in [-0.39, 0.29) is 41.3 Å². The van der Waals surface area contributed by atoms with Gasteiger partial charge in [0.25, 0.3) is 0 Å². The van der Waals surface area contributed by atoms with Crippen LogP contribution in [0.4, 0.5) is 0 Å². The van der Waals surface area contributed by atoms with Crippen LogP contribution >= 0.6 is 24.0 Å². The fourth-order valence-corrected chi connectivity index (χ4v) is 3.27. The van der Waals surface area contributed by atoms with Crippen molar-refractivity contribution >= 4 is 35.9 Å². The SMILES string of the molecule is CN=C(NCC(C)(C)c1ccc(OC)cc1)N1CCC(C(=O)OC)CC1.I. The molecule has 0 aromatic heterocycles. The van der Waals surface area contributed by atoms with Gasteiger partial charge >= 0.3 is 5.97 Å². The quantitative estimate of drug-likeness (QED) is 0.298. The third-order valence-corrected chi connectivity index (χ3v) is 5.10. The summed E-state index contributed by atoms with van der Waals surface area (Å²) in [5.41, 5.74) is 1.19. The highest BCUT2D eigenvalue weighted by Gasteiger charge is 2.28. The molecule has 1 aliphatic rings. The Labute approximate surface area is 179 Å². The maximum absolute atomic E-state index is 11.7. The van der Waals surface area contributed by atoms with E-state index in [9.17, 15) is 4.79 Å². The number of hydrogen-bond acceptors (Lipinski definition) is 4. The molecule has 0 atom stereocenters. The summed E-state index contributed by atoms with van der Waals surface area (Å²) in [6.07, 6.45) is 1.60. The van der Waals surface area contributed by atoms with E-state index in [4.69, 9.17) is 9.47 Å². The minimum Gasteiger partial charge on any atom is -0.497 e. The van der Waals surface area contributed by atoms with Gasteiger partial charge in [-0.15, -0.1) is 24.0 Å². The maximum Gasteiger partial charge on any atom is 0.308 e. The molecular weight excluding hydrogens is 457 g/mol. The molecule has 1 aromatic carbocycles. The Morgan fingerprint density at radius 1 is 1.22 bits per heavy atom. The van der Waals surface area contributed by atoms with Gasteiger partial charge in [-0.2, -0.15) is 0 Å². The molecule has 0 radical (unpaired) electrons. The number of rotatable bonds is 5. The zero-order valence-electron chi connectivity index (χ0n) is 16.9. The molecule has 0 saturated carbocycles. The normalized spacial score (nSPS) is 15.7. The summed E-state index contributed by atoms with van der Waals surface area (Å²) in [6, 6.07) is 8.18. The monoisotopic (exact) mass is 489 g/mol. The number of likely N-dealkylation sites (tertiary alicyclic amines) is 1. The molecular formula is C20H32IN3O3. The third kappa shape index (κ3) is 6.26. The summed E-state index contributed by atoms with van der Waals surface area (Å²) in [7, 11) is 4.93. The fourth-order valence-electron chi connectivity index (χ4n) is 3.27. The summed E-state index contributed by atoms with van der Waals surface area (Å²) in [4.78, 5) is 18.3. The summed E-state index contributed by atoms with van der Waals surface area (Å²) < 4.78 is 10.1. The first-order chi connectivity index (χ1) is 12.4. The van der Waals surface area contributed by atoms with Crippen LogP contribution in [-0.2, 0) is 14.9 Å². The van der Waals surface area contributed by atoms with Crippen LogP contribution in [0.15, 0.2) is 29.3 Å². The van der Waals surface area contributed by atoms with Crippen molar-refractivity contribution in [2.24, 2.45) is 10.9 Å². The molecule has 0 bridgehead atoms. The van der Waals surface area contributed by atoms with Gasteiger partial charge in [0, 0.05) is 32.1 Å². The number of esters is 1. The van der Waals surface area contributed by atoms with E-state index in [1.165, 1.54) is 12.7 Å². The fraction of sp³-hybridized carbons (Fsp3) is 0.600. The van der Waals surface area contributed by atoms with Crippen LogP contribution in [0.3, 0.4) is 0 Å². The number of methoxy groups -OCH3 is 2. The molecule has 1 saturated heterocycles. The van der Waals surface area contributed by atoms with Crippen LogP contribution in [0.2, 0.25) is 0 Å². The minimum absolute atomic E-state index is 0. The number of guanidine groups is 1. The molecule has 1 N–H and O–H groups in total. The van der Waals surface area contributed by atoms with Crippen molar-refractivity contribution in [1.29, 1.82) is 0 Å². The van der Waals surface area contributed by atoms with Crippen LogP contribution < -0.4 is 10.1 Å². The molecule has 6 nitrogen and oxygen atoms in total. The molecule has 1 fully saturated rings. The van der Waals surface area contributed by atoms with E-state index in [2.05, 4.69) is 41.2 Å². The van der Waals surface area contributed by atoms with E-state index < -0.39 is 0 Å². The van der Waals surface area contributed by atoms with Crippen LogP contribution in [0.1, 0.15) is 32.3 Å². The van der Waals surface area contributed by atoms with E-state index >= 15 is 0 Å². The second kappa shape index (κ2) is 10.7. The van der Waals surface area contributed by atoms with Crippen molar-refractivity contribution in [3.05, 3.63) is 29.8 Å². The lowest BCUT2D eigenvalue weighted by Crippen LogP contribution is -2.49. The van der Waals surface area contributed by atoms with E-state index in [1.807, 2.05) is 12.1 Å². The van der Waals surface area contributed by atoms with Crippen LogP contribution in [0, 0.1) is 5.92 Å². The third-order valence-electron chi connectivity index (χ3n) is 5.10. The smallest absolute Gasteiger partial charge is 0.308 e. The number of aliphatic imine (C=N–C) groups is 1. The van der Waals surface area contributed by atoms with Crippen molar-refractivity contribution in [2.75, 3.05) is 40.9 Å². The number of benzene rings is 1. The number of halogens is 1. The maximum atomic E-state index is 11.7. The zero-order valence-corrected chi connectivity index (χ0v) is 19.3. The number of nitrogens with one attached hydrogen (secondary N) is 1. The van der Waals surface area contributed by atoms with Gasteiger partial charge in [0.1, 0.15) is 5.75 Å². The largest absolute Gasteiger partial charge is 0.497 e. The molecule has 2 rings (SSSR count). The van der Waals surface area contributed by atoms with Crippen molar-refractivity contribution in [2.45, 2.75) is 32.1 Å². The highest BCUT2D eigenvalue weighted by atomic mass is 127. The lowest BCUT2D eigenvalue weighted by molar-refractivity contribution is -0.146. The first-order valence-corrected chi connectivity index (χ1v) is 9.09. The summed E-state index contributed by atoms with van der Waals surface area (Å²) in [6.45, 7) is 6.80. The average Bonchev–Trinajstić information content (AvgIpc) is 2.68. The molecule has 0 amide bonds. The van der Waals surface area contributed by atoms with Crippen molar-refractivity contribution in [3.8, 4) is 5.75 Å². The summed E-state index contributed by atoms with van der Waals surface area (Å²) in [5, 5.41) is 3.49. The van der Waals surface area contributed by atoms with E-state index in [0.29, 0.717) is 0 Å². The molecule has 0 unspecified atom stereocenters. The van der Waals surface area contributed by atoms with Gasteiger partial charge in [-0.05, 0) is 30.5 Å². The first kappa shape index (κ1) is 23.5. The highest BCUT2D eigenvalue weighted by molar-refractivity contribution is 14.0. The highest BCUT2D eigenvalue weighted by Crippen LogP contribution is 2.25. The Morgan fingerprint density at radius 3 is 2.30 bits per heavy atom. The number of nitrogens with zero attached hydrogens (tertiary/aromatic N) is 2. The first-order valence-electron chi connectivity index (χ1n) is 9.09. The number of carbonyl (C=O) groups is 1. The Morgan fingerprint density at radius 2 is 1.81 bits per heavy atom. The lowest BCUT2D eigenvalue weighted by atomic mass is 9.84. The van der Waals surface area contributed by atoms with Gasteiger partial charge in [0.2, 0.25) is 0 Å². The molecule has 1 heterocycles. The Bertz CT molecular complexity index is 624.